The van der Waals surface area contributed by atoms with E-state index < -0.39 is 5.60 Å². The maximum Gasteiger partial charge on any atom is 0.152 e. The van der Waals surface area contributed by atoms with Crippen LogP contribution < -0.4 is 5.32 Å². The lowest BCUT2D eigenvalue weighted by Crippen LogP contribution is -2.39. The second kappa shape index (κ2) is 5.82. The van der Waals surface area contributed by atoms with Crippen LogP contribution in [-0.4, -0.2) is 33.0 Å². The monoisotopic (exact) mass is 388 g/mol. The van der Waals surface area contributed by atoms with E-state index in [1.165, 1.54) is 17.4 Å². The summed E-state index contributed by atoms with van der Waals surface area (Å²) in [5.41, 5.74) is 0.389. The highest BCUT2D eigenvalue weighted by molar-refractivity contribution is 7.28. The summed E-state index contributed by atoms with van der Waals surface area (Å²) in [5.74, 6) is -0.332. The van der Waals surface area contributed by atoms with Crippen LogP contribution in [0.1, 0.15) is 17.7 Å². The Bertz CT molecular complexity index is 1090. The number of piperidine rings is 1. The molecular weight excluding hydrogens is 371 g/mol. The molecule has 0 radical (unpaired) electrons. The number of thiophene rings is 1. The summed E-state index contributed by atoms with van der Waals surface area (Å²) < 4.78 is 17.0. The van der Waals surface area contributed by atoms with Crippen molar-refractivity contribution in [1.82, 2.24) is 20.1 Å². The standard InChI is InChI=1S/C18H17FN4OS2/c1-23-9-11-6-10(7-12(19)15(11)22-23)16-21-17-13(25-16)8-14(26-17)18(24)2-4-20-5-3-18/h6-9,20,24H,2-5H2,1H3. The molecule has 0 spiro atoms. The molecule has 134 valence electrons. The molecule has 3 aromatic heterocycles. The van der Waals surface area contributed by atoms with Gasteiger partial charge in [0.05, 0.1) is 4.70 Å². The molecule has 1 aromatic carbocycles. The van der Waals surface area contributed by atoms with Crippen molar-refractivity contribution in [3.8, 4) is 10.6 Å². The molecule has 5 nitrogen and oxygen atoms in total. The summed E-state index contributed by atoms with van der Waals surface area (Å²) in [6.07, 6.45) is 3.25. The number of aliphatic hydroxyl groups is 1. The van der Waals surface area contributed by atoms with Gasteiger partial charge in [-0.2, -0.15) is 5.10 Å². The third-order valence-corrected chi connectivity index (χ3v) is 7.31. The highest BCUT2D eigenvalue weighted by atomic mass is 32.1. The van der Waals surface area contributed by atoms with Crippen molar-refractivity contribution < 1.29 is 9.50 Å². The predicted octanol–water partition coefficient (Wildman–Crippen LogP) is 3.62. The molecule has 0 aliphatic carbocycles. The lowest BCUT2D eigenvalue weighted by molar-refractivity contribution is 0.00951. The lowest BCUT2D eigenvalue weighted by atomic mass is 9.91. The molecule has 4 heterocycles. The first-order chi connectivity index (χ1) is 12.5. The van der Waals surface area contributed by atoms with E-state index in [0.29, 0.717) is 5.52 Å². The molecule has 0 bridgehead atoms. The Morgan fingerprint density at radius 2 is 2.04 bits per heavy atom. The number of aromatic nitrogens is 3. The Morgan fingerprint density at radius 3 is 2.81 bits per heavy atom. The summed E-state index contributed by atoms with van der Waals surface area (Å²) in [7, 11) is 1.78. The molecule has 0 amide bonds. The van der Waals surface area contributed by atoms with Gasteiger partial charge in [0, 0.05) is 29.1 Å². The number of nitrogens with one attached hydrogen (secondary N) is 1. The van der Waals surface area contributed by atoms with E-state index in [9.17, 15) is 9.50 Å². The molecule has 0 unspecified atom stereocenters. The Hall–Kier alpha value is -1.87. The Balaban J connectivity index is 1.55. The molecular formula is C18H17FN4OS2. The van der Waals surface area contributed by atoms with Crippen LogP contribution in [-0.2, 0) is 12.6 Å². The molecule has 1 aliphatic heterocycles. The van der Waals surface area contributed by atoms with Gasteiger partial charge in [-0.3, -0.25) is 4.68 Å². The molecule has 1 fully saturated rings. The zero-order valence-electron chi connectivity index (χ0n) is 14.1. The minimum Gasteiger partial charge on any atom is -0.384 e. The Morgan fingerprint density at radius 1 is 1.23 bits per heavy atom. The molecule has 1 aliphatic rings. The van der Waals surface area contributed by atoms with E-state index in [1.807, 2.05) is 18.3 Å². The van der Waals surface area contributed by atoms with Gasteiger partial charge in [0.1, 0.15) is 21.0 Å². The van der Waals surface area contributed by atoms with Crippen LogP contribution in [0.25, 0.3) is 31.0 Å². The average Bonchev–Trinajstić information content (AvgIpc) is 3.27. The van der Waals surface area contributed by atoms with Crippen LogP contribution in [0.15, 0.2) is 24.4 Å². The first-order valence-corrected chi connectivity index (χ1v) is 10.1. The van der Waals surface area contributed by atoms with E-state index in [1.54, 1.807) is 23.1 Å². The number of benzene rings is 1. The van der Waals surface area contributed by atoms with Crippen LogP contribution in [0.2, 0.25) is 0 Å². The summed E-state index contributed by atoms with van der Waals surface area (Å²) in [6, 6.07) is 5.47. The van der Waals surface area contributed by atoms with Crippen LogP contribution in [0.5, 0.6) is 0 Å². The Labute approximate surface area is 157 Å². The smallest absolute Gasteiger partial charge is 0.152 e. The van der Waals surface area contributed by atoms with Gasteiger partial charge in [-0.15, -0.1) is 22.7 Å². The molecule has 0 saturated carbocycles. The SMILES string of the molecule is Cn1cc2cc(-c3nc4sc(C5(O)CCNCC5)cc4s3)cc(F)c2n1. The highest BCUT2D eigenvalue weighted by Gasteiger charge is 2.33. The number of thiazole rings is 1. The fraction of sp³-hybridized carbons (Fsp3) is 0.333. The molecule has 8 heteroatoms. The zero-order chi connectivity index (χ0) is 17.9. The maximum absolute atomic E-state index is 14.3. The summed E-state index contributed by atoms with van der Waals surface area (Å²) >= 11 is 3.08. The van der Waals surface area contributed by atoms with Crippen molar-refractivity contribution in [2.75, 3.05) is 13.1 Å². The van der Waals surface area contributed by atoms with E-state index in [4.69, 9.17) is 4.98 Å². The average molecular weight is 388 g/mol. The third-order valence-electron chi connectivity index (χ3n) is 4.90. The second-order valence-corrected chi connectivity index (χ2v) is 8.84. The third kappa shape index (κ3) is 2.56. The van der Waals surface area contributed by atoms with Gasteiger partial charge in [-0.05, 0) is 44.1 Å². The summed E-state index contributed by atoms with van der Waals surface area (Å²) in [6.45, 7) is 1.65. The van der Waals surface area contributed by atoms with Crippen LogP contribution >= 0.6 is 22.7 Å². The fourth-order valence-corrected chi connectivity index (χ4v) is 5.86. The normalized spacial score (nSPS) is 17.3. The van der Waals surface area contributed by atoms with Gasteiger partial charge in [0.15, 0.2) is 5.82 Å². The van der Waals surface area contributed by atoms with Gasteiger partial charge in [0.25, 0.3) is 0 Å². The summed E-state index contributed by atoms with van der Waals surface area (Å²) in [4.78, 5) is 6.58. The Kier molecular flexibility index (Phi) is 3.65. The van der Waals surface area contributed by atoms with Gasteiger partial charge in [-0.25, -0.2) is 9.37 Å². The minimum absolute atomic E-state index is 0.332. The van der Waals surface area contributed by atoms with E-state index in [2.05, 4.69) is 10.4 Å². The number of halogens is 1. The molecule has 5 rings (SSSR count). The number of hydrogen-bond donors (Lipinski definition) is 2. The fourth-order valence-electron chi connectivity index (χ4n) is 3.51. The van der Waals surface area contributed by atoms with Crippen LogP contribution in [0.4, 0.5) is 4.39 Å². The van der Waals surface area contributed by atoms with Crippen molar-refractivity contribution in [2.45, 2.75) is 18.4 Å². The number of aryl methyl sites for hydroxylation is 1. The topological polar surface area (TPSA) is 63.0 Å². The molecule has 26 heavy (non-hydrogen) atoms. The van der Waals surface area contributed by atoms with Crippen molar-refractivity contribution in [1.29, 1.82) is 0 Å². The predicted molar refractivity (Wildman–Crippen MR) is 103 cm³/mol. The largest absolute Gasteiger partial charge is 0.384 e. The molecule has 0 atom stereocenters. The highest BCUT2D eigenvalue weighted by Crippen LogP contribution is 2.42. The molecule has 4 aromatic rings. The zero-order valence-corrected chi connectivity index (χ0v) is 15.8. The quantitative estimate of drug-likeness (QED) is 0.551. The van der Waals surface area contributed by atoms with Crippen LogP contribution in [0, 0.1) is 5.82 Å². The van der Waals surface area contributed by atoms with Crippen molar-refractivity contribution in [2.24, 2.45) is 7.05 Å². The molecule has 1 saturated heterocycles. The van der Waals surface area contributed by atoms with Crippen molar-refractivity contribution in [3.63, 3.8) is 0 Å². The summed E-state index contributed by atoms with van der Waals surface area (Å²) in [5, 5.41) is 19.9. The van der Waals surface area contributed by atoms with Gasteiger partial charge < -0.3 is 10.4 Å². The van der Waals surface area contributed by atoms with Crippen LogP contribution in [0.3, 0.4) is 0 Å². The number of fused-ring (bicyclic) bond motifs is 2. The van der Waals surface area contributed by atoms with Crippen molar-refractivity contribution >= 4 is 43.1 Å². The van der Waals surface area contributed by atoms with Gasteiger partial charge in [0.2, 0.25) is 0 Å². The van der Waals surface area contributed by atoms with E-state index in [0.717, 1.165) is 56.3 Å². The van der Waals surface area contributed by atoms with Gasteiger partial charge in [-0.1, -0.05) is 0 Å². The molecule has 2 N–H and O–H groups in total. The number of rotatable bonds is 2. The lowest BCUT2D eigenvalue weighted by Gasteiger charge is -2.31. The maximum atomic E-state index is 14.3. The number of nitrogens with zero attached hydrogens (tertiary/aromatic N) is 3. The minimum atomic E-state index is -0.753. The second-order valence-electron chi connectivity index (χ2n) is 6.78. The first-order valence-electron chi connectivity index (χ1n) is 8.49. The van der Waals surface area contributed by atoms with Gasteiger partial charge >= 0.3 is 0 Å². The van der Waals surface area contributed by atoms with E-state index >= 15 is 0 Å². The number of hydrogen-bond acceptors (Lipinski definition) is 6. The van der Waals surface area contributed by atoms with E-state index in [-0.39, 0.29) is 5.82 Å². The first kappa shape index (κ1) is 16.3. The van der Waals surface area contributed by atoms with Crippen molar-refractivity contribution in [3.05, 3.63) is 35.1 Å².